The van der Waals surface area contributed by atoms with E-state index in [9.17, 15) is 4.79 Å². The summed E-state index contributed by atoms with van der Waals surface area (Å²) in [5.41, 5.74) is 8.50. The normalized spacial score (nSPS) is 9.12. The summed E-state index contributed by atoms with van der Waals surface area (Å²) < 4.78 is 12.6. The molecule has 0 heterocycles. The first-order valence-electron chi connectivity index (χ1n) is 4.88. The lowest BCUT2D eigenvalue weighted by Crippen LogP contribution is -2.12. The second-order valence-corrected chi connectivity index (χ2v) is 3.33. The Balaban J connectivity index is 0.00000121. The van der Waals surface area contributed by atoms with Gasteiger partial charge >= 0.3 is 5.97 Å². The number of hydrogen-bond acceptors (Lipinski definition) is 6. The smallest absolute Gasteiger partial charge is 0.340 e. The van der Waals surface area contributed by atoms with E-state index in [1.807, 2.05) is 19.9 Å². The van der Waals surface area contributed by atoms with Crippen LogP contribution in [0.3, 0.4) is 0 Å². The van der Waals surface area contributed by atoms with Gasteiger partial charge in [0.25, 0.3) is 0 Å². The molecule has 17 heavy (non-hydrogen) atoms. The van der Waals surface area contributed by atoms with Crippen molar-refractivity contribution in [2.45, 2.75) is 13.8 Å². The zero-order chi connectivity index (χ0) is 13.4. The van der Waals surface area contributed by atoms with E-state index >= 15 is 0 Å². The average molecular weight is 257 g/mol. The van der Waals surface area contributed by atoms with Crippen molar-refractivity contribution >= 4 is 24.2 Å². The van der Waals surface area contributed by atoms with Gasteiger partial charge in [0, 0.05) is 5.69 Å². The minimum atomic E-state index is -0.496. The number of carbonyl (C=O) groups is 1. The van der Waals surface area contributed by atoms with Gasteiger partial charge in [0.05, 0.1) is 12.2 Å². The largest absolute Gasteiger partial charge is 0.460 e. The fourth-order valence-corrected chi connectivity index (χ4v) is 1.23. The number of carbonyl (C=O) groups excluding carboxylic acids is 1. The lowest BCUT2D eigenvalue weighted by atomic mass is 10.0. The summed E-state index contributed by atoms with van der Waals surface area (Å²) in [7, 11) is 0. The Morgan fingerprint density at radius 1 is 1.41 bits per heavy atom. The molecule has 0 unspecified atom stereocenters. The fraction of sp³-hybridized carbons (Fsp3) is 0.364. The number of nitrogens with two attached hydrogens (primary N) is 1. The molecule has 0 radical (unpaired) electrons. The van der Waals surface area contributed by atoms with Crippen molar-refractivity contribution in [1.29, 1.82) is 0 Å². The van der Waals surface area contributed by atoms with Gasteiger partial charge in [0.2, 0.25) is 0 Å². The Labute approximate surface area is 105 Å². The van der Waals surface area contributed by atoms with E-state index in [0.717, 1.165) is 11.1 Å². The van der Waals surface area contributed by atoms with E-state index in [0.29, 0.717) is 11.3 Å². The Hall–Kier alpha value is -1.53. The monoisotopic (exact) mass is 257 g/mol. The van der Waals surface area contributed by atoms with Crippen molar-refractivity contribution in [2.75, 3.05) is 18.9 Å². The Kier molecular flexibility index (Phi) is 7.00. The van der Waals surface area contributed by atoms with Gasteiger partial charge in [-0.25, -0.2) is 4.79 Å². The van der Waals surface area contributed by atoms with Gasteiger partial charge < -0.3 is 15.6 Å². The summed E-state index contributed by atoms with van der Waals surface area (Å²) in [5.74, 6) is -0.496. The standard InChI is InChI=1S/C11H15NO3.OS/c1-7-3-4-9(10(12)8(7)2)11(14)15-6-5-13;1-2/h3-4,13H,5-6,12H2,1-2H3;. The summed E-state index contributed by atoms with van der Waals surface area (Å²) in [6.45, 7) is 3.59. The number of hydrogen-bond donors (Lipinski definition) is 2. The molecular weight excluding hydrogens is 242 g/mol. The molecule has 0 atom stereocenters. The molecule has 0 bridgehead atoms. The van der Waals surface area contributed by atoms with Gasteiger partial charge in [-0.1, -0.05) is 6.07 Å². The molecule has 0 saturated heterocycles. The highest BCUT2D eigenvalue weighted by Gasteiger charge is 2.13. The second kappa shape index (κ2) is 7.70. The van der Waals surface area contributed by atoms with E-state index in [2.05, 4.69) is 12.5 Å². The van der Waals surface area contributed by atoms with Crippen molar-refractivity contribution in [3.8, 4) is 0 Å². The molecule has 0 aliphatic carbocycles. The fourth-order valence-electron chi connectivity index (χ4n) is 1.23. The lowest BCUT2D eigenvalue weighted by molar-refractivity contribution is 0.0435. The van der Waals surface area contributed by atoms with E-state index < -0.39 is 5.97 Å². The molecule has 0 spiro atoms. The first kappa shape index (κ1) is 15.5. The van der Waals surface area contributed by atoms with Gasteiger partial charge in [0.1, 0.15) is 6.61 Å². The van der Waals surface area contributed by atoms with E-state index in [4.69, 9.17) is 19.8 Å². The highest BCUT2D eigenvalue weighted by molar-refractivity contribution is 7.44. The zero-order valence-electron chi connectivity index (χ0n) is 9.73. The summed E-state index contributed by atoms with van der Waals surface area (Å²) in [6.07, 6.45) is 0. The summed E-state index contributed by atoms with van der Waals surface area (Å²) >= 11 is 2.83. The molecule has 0 aliphatic heterocycles. The van der Waals surface area contributed by atoms with E-state index in [1.165, 1.54) is 0 Å². The molecule has 1 aromatic carbocycles. The van der Waals surface area contributed by atoms with Crippen LogP contribution >= 0.6 is 0 Å². The van der Waals surface area contributed by atoms with Crippen LogP contribution in [0.4, 0.5) is 5.69 Å². The molecule has 6 heteroatoms. The van der Waals surface area contributed by atoms with Crippen LogP contribution in [-0.4, -0.2) is 28.5 Å². The maximum Gasteiger partial charge on any atom is 0.340 e. The Bertz CT molecular complexity index is 395. The SMILES string of the molecule is Cc1ccc(C(=O)OCCO)c(N)c1C.O=S. The van der Waals surface area contributed by atoms with Crippen LogP contribution in [0.2, 0.25) is 0 Å². The summed E-state index contributed by atoms with van der Waals surface area (Å²) in [4.78, 5) is 11.5. The third-order valence-corrected chi connectivity index (χ3v) is 2.33. The predicted molar refractivity (Wildman–Crippen MR) is 65.8 cm³/mol. The second-order valence-electron chi connectivity index (χ2n) is 3.33. The lowest BCUT2D eigenvalue weighted by Gasteiger charge is -2.09. The first-order chi connectivity index (χ1) is 8.07. The van der Waals surface area contributed by atoms with Gasteiger partial charge in [-0.3, -0.25) is 0 Å². The molecule has 1 rings (SSSR count). The number of rotatable bonds is 3. The van der Waals surface area contributed by atoms with Gasteiger partial charge in [-0.2, -0.15) is 4.21 Å². The molecule has 0 aromatic heterocycles. The highest BCUT2D eigenvalue weighted by Crippen LogP contribution is 2.21. The van der Waals surface area contributed by atoms with Crippen LogP contribution in [0.15, 0.2) is 12.1 Å². The molecular formula is C11H15NO4S. The van der Waals surface area contributed by atoms with Crippen LogP contribution in [-0.2, 0) is 17.3 Å². The third-order valence-electron chi connectivity index (χ3n) is 2.33. The number of nitrogen functional groups attached to an aromatic ring is 1. The van der Waals surface area contributed by atoms with Crippen molar-refractivity contribution < 1.29 is 18.8 Å². The van der Waals surface area contributed by atoms with Crippen molar-refractivity contribution in [2.24, 2.45) is 0 Å². The number of esters is 1. The average Bonchev–Trinajstić information content (AvgIpc) is 2.35. The number of anilines is 1. The molecule has 0 fully saturated rings. The van der Waals surface area contributed by atoms with Crippen LogP contribution in [0.5, 0.6) is 0 Å². The minimum absolute atomic E-state index is 0.00873. The van der Waals surface area contributed by atoms with Crippen molar-refractivity contribution in [3.63, 3.8) is 0 Å². The van der Waals surface area contributed by atoms with Gasteiger partial charge in [0.15, 0.2) is 12.5 Å². The van der Waals surface area contributed by atoms with Crippen molar-refractivity contribution in [1.82, 2.24) is 0 Å². The van der Waals surface area contributed by atoms with Crippen LogP contribution in [0.25, 0.3) is 0 Å². The number of benzene rings is 1. The predicted octanol–water partition coefficient (Wildman–Crippen LogP) is 0.698. The van der Waals surface area contributed by atoms with E-state index in [1.54, 1.807) is 6.07 Å². The molecule has 5 nitrogen and oxygen atoms in total. The summed E-state index contributed by atoms with van der Waals surface area (Å²) in [6, 6.07) is 3.46. The number of aliphatic hydroxyl groups is 1. The third kappa shape index (κ3) is 4.08. The van der Waals surface area contributed by atoms with Crippen LogP contribution in [0, 0.1) is 13.8 Å². The Morgan fingerprint density at radius 2 is 2.00 bits per heavy atom. The van der Waals surface area contributed by atoms with Crippen LogP contribution < -0.4 is 5.73 Å². The van der Waals surface area contributed by atoms with Crippen molar-refractivity contribution in [3.05, 3.63) is 28.8 Å². The maximum absolute atomic E-state index is 11.5. The number of ether oxygens (including phenoxy) is 1. The Morgan fingerprint density at radius 3 is 2.53 bits per heavy atom. The van der Waals surface area contributed by atoms with Gasteiger partial charge in [-0.15, -0.1) is 0 Å². The maximum atomic E-state index is 11.5. The highest BCUT2D eigenvalue weighted by atomic mass is 32.1. The molecule has 3 N–H and O–H groups in total. The quantitative estimate of drug-likeness (QED) is 0.612. The molecule has 0 amide bonds. The first-order valence-corrected chi connectivity index (χ1v) is 5.21. The van der Waals surface area contributed by atoms with E-state index in [-0.39, 0.29) is 13.2 Å². The van der Waals surface area contributed by atoms with Gasteiger partial charge in [-0.05, 0) is 31.0 Å². The minimum Gasteiger partial charge on any atom is -0.460 e. The van der Waals surface area contributed by atoms with Crippen LogP contribution in [0.1, 0.15) is 21.5 Å². The number of aryl methyl sites for hydroxylation is 1. The molecule has 1 aromatic rings. The topological polar surface area (TPSA) is 89.6 Å². The molecule has 94 valence electrons. The summed E-state index contributed by atoms with van der Waals surface area (Å²) in [5, 5.41) is 8.52. The molecule has 0 aliphatic rings. The zero-order valence-corrected chi connectivity index (χ0v) is 10.5. The molecule has 0 saturated carbocycles. The number of aliphatic hydroxyl groups excluding tert-OH is 1.